The third-order valence-electron chi connectivity index (χ3n) is 1.62. The molecule has 0 saturated heterocycles. The number of halogens is 1. The van der Waals surface area contributed by atoms with Crippen LogP contribution in [0.1, 0.15) is 5.69 Å². The molecule has 0 aliphatic carbocycles. The molecular formula is C9H7ClN4. The van der Waals surface area contributed by atoms with Crippen molar-refractivity contribution in [1.29, 1.82) is 0 Å². The molecule has 0 aliphatic heterocycles. The van der Waals surface area contributed by atoms with E-state index in [0.717, 1.165) is 5.69 Å². The average molecular weight is 207 g/mol. The van der Waals surface area contributed by atoms with Crippen molar-refractivity contribution < 1.29 is 0 Å². The molecule has 0 amide bonds. The minimum Gasteiger partial charge on any atom is -0.234 e. The Bertz CT molecular complexity index is 418. The van der Waals surface area contributed by atoms with Gasteiger partial charge in [-0.25, -0.2) is 19.9 Å². The molecule has 0 spiro atoms. The predicted molar refractivity (Wildman–Crippen MR) is 52.6 cm³/mol. The van der Waals surface area contributed by atoms with E-state index in [1.54, 1.807) is 30.7 Å². The summed E-state index contributed by atoms with van der Waals surface area (Å²) in [6.45, 7) is 0. The first-order chi connectivity index (χ1) is 6.90. The summed E-state index contributed by atoms with van der Waals surface area (Å²) >= 11 is 5.66. The van der Waals surface area contributed by atoms with Gasteiger partial charge in [-0.3, -0.25) is 0 Å². The molecule has 0 aromatic carbocycles. The van der Waals surface area contributed by atoms with E-state index >= 15 is 0 Å². The van der Waals surface area contributed by atoms with E-state index in [-0.39, 0.29) is 0 Å². The van der Waals surface area contributed by atoms with E-state index in [9.17, 15) is 0 Å². The van der Waals surface area contributed by atoms with Crippen molar-refractivity contribution in [2.75, 3.05) is 0 Å². The first kappa shape index (κ1) is 9.02. The van der Waals surface area contributed by atoms with E-state index in [2.05, 4.69) is 19.9 Å². The molecule has 2 aromatic heterocycles. The van der Waals surface area contributed by atoms with Gasteiger partial charge in [0.15, 0.2) is 11.6 Å². The second kappa shape index (κ2) is 4.11. The molecule has 2 rings (SSSR count). The first-order valence-electron chi connectivity index (χ1n) is 4.05. The van der Waals surface area contributed by atoms with Crippen LogP contribution in [0.5, 0.6) is 0 Å². The molecule has 70 valence electrons. The van der Waals surface area contributed by atoms with Gasteiger partial charge in [0.25, 0.3) is 0 Å². The van der Waals surface area contributed by atoms with Crippen molar-refractivity contribution in [2.24, 2.45) is 0 Å². The lowest BCUT2D eigenvalue weighted by atomic mass is 10.4. The van der Waals surface area contributed by atoms with Gasteiger partial charge in [0, 0.05) is 18.6 Å². The van der Waals surface area contributed by atoms with Crippen molar-refractivity contribution in [3.05, 3.63) is 36.4 Å². The van der Waals surface area contributed by atoms with Crippen LogP contribution in [0.4, 0.5) is 0 Å². The monoisotopic (exact) mass is 206 g/mol. The normalized spacial score (nSPS) is 10.1. The van der Waals surface area contributed by atoms with Gasteiger partial charge in [-0.1, -0.05) is 0 Å². The first-order valence-corrected chi connectivity index (χ1v) is 4.59. The van der Waals surface area contributed by atoms with Crippen molar-refractivity contribution in [1.82, 2.24) is 19.9 Å². The molecule has 0 unspecified atom stereocenters. The van der Waals surface area contributed by atoms with Gasteiger partial charge in [0.05, 0.1) is 11.6 Å². The summed E-state index contributed by atoms with van der Waals surface area (Å²) in [7, 11) is 0. The molecule has 0 N–H and O–H groups in total. The molecule has 0 radical (unpaired) electrons. The van der Waals surface area contributed by atoms with E-state index < -0.39 is 0 Å². The summed E-state index contributed by atoms with van der Waals surface area (Å²) in [5.41, 5.74) is 0.768. The zero-order valence-corrected chi connectivity index (χ0v) is 8.02. The highest BCUT2D eigenvalue weighted by atomic mass is 35.5. The van der Waals surface area contributed by atoms with E-state index in [0.29, 0.717) is 17.5 Å². The predicted octanol–water partition coefficient (Wildman–Crippen LogP) is 1.67. The average Bonchev–Trinajstić information content (AvgIpc) is 2.30. The maximum Gasteiger partial charge on any atom is 0.197 e. The molecule has 0 fully saturated rings. The number of hydrogen-bond acceptors (Lipinski definition) is 4. The second-order valence-corrected chi connectivity index (χ2v) is 2.84. The molecule has 0 saturated carbocycles. The SMILES string of the molecule is ClCc1ccnc(-c2ncccn2)n1. The van der Waals surface area contributed by atoms with E-state index in [1.807, 2.05) is 0 Å². The fraction of sp³-hybridized carbons (Fsp3) is 0.111. The van der Waals surface area contributed by atoms with Gasteiger partial charge in [0.1, 0.15) is 0 Å². The number of nitrogens with zero attached hydrogens (tertiary/aromatic N) is 4. The zero-order valence-electron chi connectivity index (χ0n) is 7.26. The van der Waals surface area contributed by atoms with Crippen LogP contribution < -0.4 is 0 Å². The molecular weight excluding hydrogens is 200 g/mol. The quantitative estimate of drug-likeness (QED) is 0.702. The Morgan fingerprint density at radius 3 is 2.43 bits per heavy atom. The van der Waals surface area contributed by atoms with Crippen LogP contribution in [0.15, 0.2) is 30.7 Å². The third kappa shape index (κ3) is 1.85. The largest absolute Gasteiger partial charge is 0.234 e. The molecule has 14 heavy (non-hydrogen) atoms. The summed E-state index contributed by atoms with van der Waals surface area (Å²) in [6.07, 6.45) is 4.95. The smallest absolute Gasteiger partial charge is 0.197 e. The molecule has 2 heterocycles. The van der Waals surface area contributed by atoms with Crippen LogP contribution in [0.2, 0.25) is 0 Å². The molecule has 5 heteroatoms. The Hall–Kier alpha value is -1.55. The zero-order chi connectivity index (χ0) is 9.80. The van der Waals surface area contributed by atoms with Crippen molar-refractivity contribution >= 4 is 11.6 Å². The van der Waals surface area contributed by atoms with Crippen LogP contribution in [0.3, 0.4) is 0 Å². The van der Waals surface area contributed by atoms with Crippen LogP contribution >= 0.6 is 11.6 Å². The Kier molecular flexibility index (Phi) is 2.65. The lowest BCUT2D eigenvalue weighted by Gasteiger charge is -1.98. The standard InChI is InChI=1S/C9H7ClN4/c10-6-7-2-5-13-9(14-7)8-11-3-1-4-12-8/h1-5H,6H2. The lowest BCUT2D eigenvalue weighted by Crippen LogP contribution is -1.96. The van der Waals surface area contributed by atoms with Gasteiger partial charge < -0.3 is 0 Å². The van der Waals surface area contributed by atoms with Gasteiger partial charge in [0.2, 0.25) is 0 Å². The molecule has 0 aliphatic rings. The Balaban J connectivity index is 2.42. The van der Waals surface area contributed by atoms with Crippen LogP contribution in [0.25, 0.3) is 11.6 Å². The van der Waals surface area contributed by atoms with Gasteiger partial charge >= 0.3 is 0 Å². The summed E-state index contributed by atoms with van der Waals surface area (Å²) in [4.78, 5) is 16.3. The van der Waals surface area contributed by atoms with Crippen LogP contribution in [0, 0.1) is 0 Å². The molecule has 0 atom stereocenters. The van der Waals surface area contributed by atoms with E-state index in [1.165, 1.54) is 0 Å². The summed E-state index contributed by atoms with van der Waals surface area (Å²) < 4.78 is 0. The molecule has 4 nitrogen and oxygen atoms in total. The number of alkyl halides is 1. The summed E-state index contributed by atoms with van der Waals surface area (Å²) in [6, 6.07) is 3.51. The van der Waals surface area contributed by atoms with Gasteiger partial charge in [-0.05, 0) is 12.1 Å². The lowest BCUT2D eigenvalue weighted by molar-refractivity contribution is 1.04. The summed E-state index contributed by atoms with van der Waals surface area (Å²) in [5.74, 6) is 1.38. The second-order valence-electron chi connectivity index (χ2n) is 2.58. The Morgan fingerprint density at radius 1 is 1.00 bits per heavy atom. The number of aromatic nitrogens is 4. The molecule has 2 aromatic rings. The van der Waals surface area contributed by atoms with Crippen molar-refractivity contribution in [2.45, 2.75) is 5.88 Å². The summed E-state index contributed by atoms with van der Waals surface area (Å²) in [5, 5.41) is 0. The van der Waals surface area contributed by atoms with Gasteiger partial charge in [-0.2, -0.15) is 0 Å². The third-order valence-corrected chi connectivity index (χ3v) is 1.89. The maximum absolute atomic E-state index is 5.66. The van der Waals surface area contributed by atoms with Gasteiger partial charge in [-0.15, -0.1) is 11.6 Å². The number of rotatable bonds is 2. The highest BCUT2D eigenvalue weighted by Crippen LogP contribution is 2.08. The highest BCUT2D eigenvalue weighted by molar-refractivity contribution is 6.16. The topological polar surface area (TPSA) is 51.6 Å². The molecule has 0 bridgehead atoms. The van der Waals surface area contributed by atoms with Crippen LogP contribution in [-0.4, -0.2) is 19.9 Å². The fourth-order valence-corrected chi connectivity index (χ4v) is 1.14. The van der Waals surface area contributed by atoms with E-state index in [4.69, 9.17) is 11.6 Å². The van der Waals surface area contributed by atoms with Crippen molar-refractivity contribution in [3.8, 4) is 11.6 Å². The number of hydrogen-bond donors (Lipinski definition) is 0. The Morgan fingerprint density at radius 2 is 1.71 bits per heavy atom. The minimum atomic E-state index is 0.363. The van der Waals surface area contributed by atoms with Crippen molar-refractivity contribution in [3.63, 3.8) is 0 Å². The maximum atomic E-state index is 5.66. The highest BCUT2D eigenvalue weighted by Gasteiger charge is 2.03. The van der Waals surface area contributed by atoms with Crippen LogP contribution in [-0.2, 0) is 5.88 Å². The fourth-order valence-electron chi connectivity index (χ4n) is 0.993. The Labute approximate surface area is 86.0 Å². The minimum absolute atomic E-state index is 0.363.